The Labute approximate surface area is 149 Å². The standard InChI is InChI=1S/C19H28N6/c1-14-13-15(24-11-5-6-12-24)7-8-16(14)25-18(21)22-17(20)23-19(25)9-3-2-4-10-19/h7-8,13H,2-6,9-12H2,1H3,(H4,20,21,22,23). The van der Waals surface area contributed by atoms with Crippen LogP contribution in [0.4, 0.5) is 11.4 Å². The van der Waals surface area contributed by atoms with E-state index in [0.29, 0.717) is 11.9 Å². The summed E-state index contributed by atoms with van der Waals surface area (Å²) in [4.78, 5) is 13.6. The van der Waals surface area contributed by atoms with E-state index in [4.69, 9.17) is 16.5 Å². The van der Waals surface area contributed by atoms with Crippen molar-refractivity contribution in [3.05, 3.63) is 23.8 Å². The molecule has 0 unspecified atom stereocenters. The summed E-state index contributed by atoms with van der Waals surface area (Å²) in [6.07, 6.45) is 8.04. The van der Waals surface area contributed by atoms with Crippen LogP contribution in [0.2, 0.25) is 0 Å². The highest BCUT2D eigenvalue weighted by Crippen LogP contribution is 2.41. The summed E-state index contributed by atoms with van der Waals surface area (Å²) < 4.78 is 0. The van der Waals surface area contributed by atoms with E-state index in [-0.39, 0.29) is 5.66 Å². The van der Waals surface area contributed by atoms with Gasteiger partial charge < -0.3 is 16.4 Å². The minimum absolute atomic E-state index is 0.307. The third kappa shape index (κ3) is 2.83. The Morgan fingerprint density at radius 1 is 1.00 bits per heavy atom. The molecular formula is C19H28N6. The van der Waals surface area contributed by atoms with Crippen molar-refractivity contribution in [3.63, 3.8) is 0 Å². The van der Waals surface area contributed by atoms with Crippen molar-refractivity contribution in [2.45, 2.75) is 57.5 Å². The fourth-order valence-corrected chi connectivity index (χ4v) is 4.53. The van der Waals surface area contributed by atoms with Gasteiger partial charge in [0.15, 0.2) is 0 Å². The normalized spacial score (nSPS) is 22.9. The van der Waals surface area contributed by atoms with Crippen LogP contribution in [-0.4, -0.2) is 30.7 Å². The maximum atomic E-state index is 6.34. The van der Waals surface area contributed by atoms with Gasteiger partial charge >= 0.3 is 0 Å². The van der Waals surface area contributed by atoms with E-state index < -0.39 is 0 Å². The van der Waals surface area contributed by atoms with Crippen LogP contribution in [0.25, 0.3) is 0 Å². The molecular weight excluding hydrogens is 312 g/mol. The first-order chi connectivity index (χ1) is 12.1. The number of aliphatic imine (C=N–C) groups is 2. The lowest BCUT2D eigenvalue weighted by Crippen LogP contribution is -2.58. The highest BCUT2D eigenvalue weighted by atomic mass is 15.4. The number of hydrogen-bond acceptors (Lipinski definition) is 6. The van der Waals surface area contributed by atoms with Crippen molar-refractivity contribution in [2.24, 2.45) is 21.5 Å². The van der Waals surface area contributed by atoms with Crippen molar-refractivity contribution < 1.29 is 0 Å². The lowest BCUT2D eigenvalue weighted by molar-refractivity contribution is 0.305. The van der Waals surface area contributed by atoms with Crippen LogP contribution in [0.15, 0.2) is 28.2 Å². The monoisotopic (exact) mass is 340 g/mol. The zero-order chi connectivity index (χ0) is 17.4. The van der Waals surface area contributed by atoms with Gasteiger partial charge in [-0.05, 0) is 69.2 Å². The predicted molar refractivity (Wildman–Crippen MR) is 104 cm³/mol. The molecule has 3 aliphatic rings. The number of nitrogens with two attached hydrogens (primary N) is 2. The number of benzene rings is 1. The van der Waals surface area contributed by atoms with Gasteiger partial charge in [0, 0.05) is 24.5 Å². The average molecular weight is 340 g/mol. The van der Waals surface area contributed by atoms with Crippen molar-refractivity contribution in [2.75, 3.05) is 22.9 Å². The summed E-state index contributed by atoms with van der Waals surface area (Å²) >= 11 is 0. The fraction of sp³-hybridized carbons (Fsp3) is 0.579. The molecule has 0 aromatic heterocycles. The number of hydrogen-bond donors (Lipinski definition) is 2. The van der Waals surface area contributed by atoms with Gasteiger partial charge in [0.25, 0.3) is 0 Å². The molecule has 1 aromatic carbocycles. The number of aryl methyl sites for hydroxylation is 1. The quantitative estimate of drug-likeness (QED) is 0.867. The number of guanidine groups is 2. The second-order valence-electron chi connectivity index (χ2n) is 7.48. The highest BCUT2D eigenvalue weighted by molar-refractivity contribution is 6.06. The van der Waals surface area contributed by atoms with Crippen LogP contribution < -0.4 is 21.3 Å². The van der Waals surface area contributed by atoms with Gasteiger partial charge in [-0.2, -0.15) is 4.99 Å². The van der Waals surface area contributed by atoms with E-state index in [0.717, 1.165) is 44.5 Å². The van der Waals surface area contributed by atoms with Gasteiger partial charge in [0.2, 0.25) is 11.9 Å². The van der Waals surface area contributed by atoms with Crippen LogP contribution in [0.1, 0.15) is 50.5 Å². The summed E-state index contributed by atoms with van der Waals surface area (Å²) in [5, 5.41) is 0. The third-order valence-electron chi connectivity index (χ3n) is 5.74. The minimum atomic E-state index is -0.367. The molecule has 0 bridgehead atoms. The van der Waals surface area contributed by atoms with Crippen LogP contribution in [0.3, 0.4) is 0 Å². The smallest absolute Gasteiger partial charge is 0.220 e. The maximum absolute atomic E-state index is 6.34. The molecule has 6 nitrogen and oxygen atoms in total. The van der Waals surface area contributed by atoms with Crippen LogP contribution in [-0.2, 0) is 0 Å². The molecule has 0 radical (unpaired) electrons. The zero-order valence-electron chi connectivity index (χ0n) is 15.0. The molecule has 25 heavy (non-hydrogen) atoms. The Balaban J connectivity index is 1.72. The Kier molecular flexibility index (Phi) is 4.06. The van der Waals surface area contributed by atoms with Crippen molar-refractivity contribution in [1.82, 2.24) is 0 Å². The fourth-order valence-electron chi connectivity index (χ4n) is 4.53. The van der Waals surface area contributed by atoms with E-state index in [1.54, 1.807) is 0 Å². The van der Waals surface area contributed by atoms with Crippen LogP contribution in [0.5, 0.6) is 0 Å². The second kappa shape index (κ2) is 6.24. The van der Waals surface area contributed by atoms with Crippen molar-refractivity contribution in [3.8, 4) is 0 Å². The SMILES string of the molecule is Cc1cc(N2CCCC2)ccc1N1C(N)=NC(N)=NC12CCCCC2. The van der Waals surface area contributed by atoms with Crippen molar-refractivity contribution >= 4 is 23.3 Å². The zero-order valence-corrected chi connectivity index (χ0v) is 15.0. The Morgan fingerprint density at radius 3 is 2.40 bits per heavy atom. The van der Waals surface area contributed by atoms with E-state index in [1.165, 1.54) is 30.5 Å². The summed E-state index contributed by atoms with van der Waals surface area (Å²) in [7, 11) is 0. The summed E-state index contributed by atoms with van der Waals surface area (Å²) in [5.74, 6) is 0.772. The first kappa shape index (κ1) is 16.2. The van der Waals surface area contributed by atoms with Gasteiger partial charge in [0.1, 0.15) is 5.66 Å². The summed E-state index contributed by atoms with van der Waals surface area (Å²) in [6.45, 7) is 4.45. The third-order valence-corrected chi connectivity index (χ3v) is 5.74. The van der Waals surface area contributed by atoms with E-state index in [2.05, 4.69) is 39.9 Å². The first-order valence-corrected chi connectivity index (χ1v) is 9.44. The summed E-state index contributed by atoms with van der Waals surface area (Å²) in [5.41, 5.74) is 15.5. The number of rotatable bonds is 2. The Bertz CT molecular complexity index is 711. The van der Waals surface area contributed by atoms with E-state index in [1.807, 2.05) is 0 Å². The van der Waals surface area contributed by atoms with Crippen LogP contribution in [0, 0.1) is 6.92 Å². The lowest BCUT2D eigenvalue weighted by Gasteiger charge is -2.46. The molecule has 0 amide bonds. The molecule has 1 saturated carbocycles. The molecule has 1 spiro atoms. The number of anilines is 2. The van der Waals surface area contributed by atoms with Crippen molar-refractivity contribution in [1.29, 1.82) is 0 Å². The molecule has 134 valence electrons. The van der Waals surface area contributed by atoms with Gasteiger partial charge in [-0.25, -0.2) is 4.99 Å². The predicted octanol–water partition coefficient (Wildman–Crippen LogP) is 2.71. The number of nitrogens with zero attached hydrogens (tertiary/aromatic N) is 4. The summed E-state index contributed by atoms with van der Waals surface area (Å²) in [6, 6.07) is 6.66. The molecule has 4 N–H and O–H groups in total. The van der Waals surface area contributed by atoms with Gasteiger partial charge in [-0.3, -0.25) is 4.90 Å². The topological polar surface area (TPSA) is 83.2 Å². The molecule has 0 atom stereocenters. The molecule has 2 fully saturated rings. The Hall–Kier alpha value is -2.24. The lowest BCUT2D eigenvalue weighted by atomic mass is 9.87. The first-order valence-electron chi connectivity index (χ1n) is 9.44. The molecule has 1 saturated heterocycles. The van der Waals surface area contributed by atoms with Gasteiger partial charge in [0.05, 0.1) is 0 Å². The van der Waals surface area contributed by atoms with Gasteiger partial charge in [-0.15, -0.1) is 0 Å². The molecule has 4 rings (SSSR count). The largest absolute Gasteiger partial charge is 0.372 e. The molecule has 1 aromatic rings. The van der Waals surface area contributed by atoms with Crippen LogP contribution >= 0.6 is 0 Å². The molecule has 6 heteroatoms. The van der Waals surface area contributed by atoms with E-state index in [9.17, 15) is 0 Å². The van der Waals surface area contributed by atoms with Gasteiger partial charge in [-0.1, -0.05) is 6.42 Å². The highest BCUT2D eigenvalue weighted by Gasteiger charge is 2.43. The van der Waals surface area contributed by atoms with E-state index >= 15 is 0 Å². The minimum Gasteiger partial charge on any atom is -0.372 e. The molecule has 2 heterocycles. The average Bonchev–Trinajstić information content (AvgIpc) is 3.11. The second-order valence-corrected chi connectivity index (χ2v) is 7.48. The maximum Gasteiger partial charge on any atom is 0.220 e. The molecule has 1 aliphatic carbocycles. The molecule has 2 aliphatic heterocycles. The Morgan fingerprint density at radius 2 is 1.72 bits per heavy atom.